The molecule has 4 heteroatoms. The number of hydrogen-bond acceptors (Lipinski definition) is 3. The molecule has 0 saturated carbocycles. The fraction of sp³-hybridized carbons (Fsp3) is 0.294. The predicted octanol–water partition coefficient (Wildman–Crippen LogP) is 4.43. The monoisotopic (exact) mass is 289 g/mol. The number of para-hydroxylation sites is 2. The van der Waals surface area contributed by atoms with E-state index in [2.05, 4.69) is 0 Å². The van der Waals surface area contributed by atoms with Gasteiger partial charge in [-0.25, -0.2) is 4.39 Å². The minimum absolute atomic E-state index is 0.159. The normalized spacial score (nSPS) is 12.0. The third-order valence-corrected chi connectivity index (χ3v) is 3.01. The van der Waals surface area contributed by atoms with E-state index in [0.29, 0.717) is 18.1 Å². The zero-order valence-corrected chi connectivity index (χ0v) is 12.3. The van der Waals surface area contributed by atoms with Gasteiger partial charge in [-0.2, -0.15) is 0 Å². The third-order valence-electron chi connectivity index (χ3n) is 3.01. The maximum atomic E-state index is 14.1. The first kappa shape index (κ1) is 15.3. The Bertz CT molecular complexity index is 599. The minimum atomic E-state index is -0.435. The molecule has 0 aromatic heterocycles. The quantitative estimate of drug-likeness (QED) is 0.855. The van der Waals surface area contributed by atoms with E-state index in [0.717, 1.165) is 12.0 Å². The van der Waals surface area contributed by atoms with Gasteiger partial charge in [-0.1, -0.05) is 25.1 Å². The van der Waals surface area contributed by atoms with Crippen molar-refractivity contribution in [2.75, 3.05) is 6.61 Å². The maximum Gasteiger partial charge on any atom is 0.169 e. The van der Waals surface area contributed by atoms with Crippen LogP contribution >= 0.6 is 0 Å². The van der Waals surface area contributed by atoms with Gasteiger partial charge in [0.1, 0.15) is 0 Å². The number of rotatable bonds is 6. The first-order chi connectivity index (χ1) is 10.1. The van der Waals surface area contributed by atoms with E-state index in [9.17, 15) is 4.39 Å². The molecule has 0 fully saturated rings. The van der Waals surface area contributed by atoms with Crippen LogP contribution < -0.4 is 15.2 Å². The lowest BCUT2D eigenvalue weighted by Gasteiger charge is -2.13. The average molecular weight is 289 g/mol. The molecular weight excluding hydrogens is 269 g/mol. The van der Waals surface area contributed by atoms with Crippen LogP contribution in [0.5, 0.6) is 17.2 Å². The lowest BCUT2D eigenvalue weighted by atomic mass is 10.1. The molecule has 1 unspecified atom stereocenters. The summed E-state index contributed by atoms with van der Waals surface area (Å²) in [5.74, 6) is 0.829. The van der Waals surface area contributed by atoms with Crippen LogP contribution in [0.25, 0.3) is 0 Å². The van der Waals surface area contributed by atoms with Crippen LogP contribution in [0.3, 0.4) is 0 Å². The van der Waals surface area contributed by atoms with E-state index in [1.165, 1.54) is 6.07 Å². The molecular formula is C17H20FNO2. The van der Waals surface area contributed by atoms with Gasteiger partial charge in [0.05, 0.1) is 6.61 Å². The highest BCUT2D eigenvalue weighted by Crippen LogP contribution is 2.33. The van der Waals surface area contributed by atoms with Crippen LogP contribution in [0.15, 0.2) is 42.5 Å². The van der Waals surface area contributed by atoms with Crippen molar-refractivity contribution in [3.8, 4) is 17.2 Å². The lowest BCUT2D eigenvalue weighted by Crippen LogP contribution is -2.05. The van der Waals surface area contributed by atoms with E-state index in [-0.39, 0.29) is 11.8 Å². The van der Waals surface area contributed by atoms with Gasteiger partial charge in [0.25, 0.3) is 0 Å². The smallest absolute Gasteiger partial charge is 0.169 e. The van der Waals surface area contributed by atoms with E-state index in [4.69, 9.17) is 15.2 Å². The molecule has 112 valence electrons. The zero-order valence-electron chi connectivity index (χ0n) is 12.3. The predicted molar refractivity (Wildman–Crippen MR) is 81.3 cm³/mol. The van der Waals surface area contributed by atoms with Gasteiger partial charge in [0.2, 0.25) is 0 Å². The third kappa shape index (κ3) is 3.95. The van der Waals surface area contributed by atoms with Crippen LogP contribution in [0.1, 0.15) is 31.9 Å². The van der Waals surface area contributed by atoms with E-state index in [1.807, 2.05) is 26.0 Å². The summed E-state index contributed by atoms with van der Waals surface area (Å²) in [6.45, 7) is 4.42. The number of halogens is 1. The van der Waals surface area contributed by atoms with Crippen LogP contribution in [0.2, 0.25) is 0 Å². The Morgan fingerprint density at radius 1 is 1.10 bits per heavy atom. The van der Waals surface area contributed by atoms with Gasteiger partial charge in [-0.3, -0.25) is 0 Å². The van der Waals surface area contributed by atoms with Crippen molar-refractivity contribution in [2.24, 2.45) is 5.73 Å². The average Bonchev–Trinajstić information content (AvgIpc) is 2.48. The molecule has 0 bridgehead atoms. The highest BCUT2D eigenvalue weighted by atomic mass is 19.1. The molecule has 2 N–H and O–H groups in total. The first-order valence-corrected chi connectivity index (χ1v) is 7.06. The van der Waals surface area contributed by atoms with Crippen molar-refractivity contribution < 1.29 is 13.9 Å². The standard InChI is InChI=1S/C17H20FNO2/c1-3-10-20-16-6-4-5-7-17(16)21-15-9-8-13(12(2)19)11-14(15)18/h4-9,11-12H,3,10,19H2,1-2H3. The summed E-state index contributed by atoms with van der Waals surface area (Å²) in [5, 5.41) is 0. The molecule has 0 aliphatic carbocycles. The van der Waals surface area contributed by atoms with Crippen molar-refractivity contribution in [1.82, 2.24) is 0 Å². The topological polar surface area (TPSA) is 44.5 Å². The molecule has 0 spiro atoms. The fourth-order valence-electron chi connectivity index (χ4n) is 1.87. The van der Waals surface area contributed by atoms with Crippen LogP contribution in [0, 0.1) is 5.82 Å². The molecule has 0 aliphatic rings. The van der Waals surface area contributed by atoms with Gasteiger partial charge >= 0.3 is 0 Å². The van der Waals surface area contributed by atoms with Crippen LogP contribution in [-0.4, -0.2) is 6.61 Å². The number of hydrogen-bond donors (Lipinski definition) is 1. The first-order valence-electron chi connectivity index (χ1n) is 7.06. The summed E-state index contributed by atoms with van der Waals surface area (Å²) in [6, 6.07) is 11.8. The number of benzene rings is 2. The van der Waals surface area contributed by atoms with Crippen LogP contribution in [0.4, 0.5) is 4.39 Å². The largest absolute Gasteiger partial charge is 0.490 e. The van der Waals surface area contributed by atoms with E-state index in [1.54, 1.807) is 24.3 Å². The zero-order chi connectivity index (χ0) is 15.2. The van der Waals surface area contributed by atoms with Gasteiger partial charge < -0.3 is 15.2 Å². The summed E-state index contributed by atoms with van der Waals surface area (Å²) in [7, 11) is 0. The highest BCUT2D eigenvalue weighted by Gasteiger charge is 2.11. The Kier molecular flexibility index (Phi) is 5.17. The fourth-order valence-corrected chi connectivity index (χ4v) is 1.87. The second-order valence-corrected chi connectivity index (χ2v) is 4.88. The molecule has 3 nitrogen and oxygen atoms in total. The molecule has 0 amide bonds. The molecule has 2 rings (SSSR count). The van der Waals surface area contributed by atoms with Crippen molar-refractivity contribution in [3.63, 3.8) is 0 Å². The van der Waals surface area contributed by atoms with Crippen molar-refractivity contribution in [2.45, 2.75) is 26.3 Å². The second-order valence-electron chi connectivity index (χ2n) is 4.88. The Morgan fingerprint density at radius 2 is 1.81 bits per heavy atom. The molecule has 0 heterocycles. The van der Waals surface area contributed by atoms with Crippen molar-refractivity contribution >= 4 is 0 Å². The SMILES string of the molecule is CCCOc1ccccc1Oc1ccc(C(C)N)cc1F. The highest BCUT2D eigenvalue weighted by molar-refractivity contribution is 5.43. The minimum Gasteiger partial charge on any atom is -0.490 e. The van der Waals surface area contributed by atoms with Crippen LogP contribution in [-0.2, 0) is 0 Å². The molecule has 0 aliphatic heterocycles. The molecule has 2 aromatic carbocycles. The van der Waals surface area contributed by atoms with Gasteiger partial charge in [-0.05, 0) is 43.2 Å². The van der Waals surface area contributed by atoms with E-state index >= 15 is 0 Å². The molecule has 0 radical (unpaired) electrons. The summed E-state index contributed by atoms with van der Waals surface area (Å²) >= 11 is 0. The van der Waals surface area contributed by atoms with Gasteiger partial charge in [0, 0.05) is 6.04 Å². The maximum absolute atomic E-state index is 14.1. The summed E-state index contributed by atoms with van der Waals surface area (Å²) in [4.78, 5) is 0. The Hall–Kier alpha value is -2.07. The van der Waals surface area contributed by atoms with Crippen molar-refractivity contribution in [3.05, 3.63) is 53.8 Å². The second kappa shape index (κ2) is 7.09. The number of ether oxygens (including phenoxy) is 2. The number of nitrogens with two attached hydrogens (primary N) is 1. The molecule has 2 aromatic rings. The molecule has 21 heavy (non-hydrogen) atoms. The van der Waals surface area contributed by atoms with E-state index < -0.39 is 5.82 Å². The molecule has 1 atom stereocenters. The van der Waals surface area contributed by atoms with Gasteiger partial charge in [0.15, 0.2) is 23.1 Å². The Balaban J connectivity index is 2.22. The summed E-state index contributed by atoms with van der Waals surface area (Å²) in [5.41, 5.74) is 6.47. The van der Waals surface area contributed by atoms with Gasteiger partial charge in [-0.15, -0.1) is 0 Å². The summed E-state index contributed by atoms with van der Waals surface area (Å²) in [6.07, 6.45) is 0.895. The Labute approximate surface area is 124 Å². The summed E-state index contributed by atoms with van der Waals surface area (Å²) < 4.78 is 25.3. The Morgan fingerprint density at radius 3 is 2.43 bits per heavy atom. The lowest BCUT2D eigenvalue weighted by molar-refractivity contribution is 0.300. The molecule has 0 saturated heterocycles. The van der Waals surface area contributed by atoms with Crippen molar-refractivity contribution in [1.29, 1.82) is 0 Å².